The number of hydrogen-bond acceptors (Lipinski definition) is 2. The molecule has 0 aromatic heterocycles. The molecule has 0 aliphatic rings. The molecule has 1 rings (SSSR count). The highest BCUT2D eigenvalue weighted by Crippen LogP contribution is 2.24. The summed E-state index contributed by atoms with van der Waals surface area (Å²) < 4.78 is 35.9. The van der Waals surface area contributed by atoms with Gasteiger partial charge in [-0.3, -0.25) is 4.79 Å². The normalized spacial score (nSPS) is 11.0. The van der Waals surface area contributed by atoms with E-state index < -0.39 is 31.2 Å². The maximum absolute atomic E-state index is 12.0. The summed E-state index contributed by atoms with van der Waals surface area (Å²) >= 11 is 11.5. The third-order valence-corrected chi connectivity index (χ3v) is 3.11. The third-order valence-electron chi connectivity index (χ3n) is 2.37. The molecule has 0 spiro atoms. The minimum Gasteiger partial charge on any atom is -0.329 e. The van der Waals surface area contributed by atoms with Crippen LogP contribution >= 0.6 is 23.2 Å². The Morgan fingerprint density at radius 3 is 2.41 bits per heavy atom. The SMILES string of the molecule is CN(CC(=O)Nc1ccc(Cl)c(Cl)c1)C(=O)NCC(F)(F)F. The quantitative estimate of drug-likeness (QED) is 0.869. The fourth-order valence-electron chi connectivity index (χ4n) is 1.37. The minimum atomic E-state index is -4.52. The molecule has 0 bridgehead atoms. The summed E-state index contributed by atoms with van der Waals surface area (Å²) in [4.78, 5) is 23.9. The van der Waals surface area contributed by atoms with Crippen LogP contribution in [0.15, 0.2) is 18.2 Å². The number of anilines is 1. The van der Waals surface area contributed by atoms with Crippen molar-refractivity contribution in [2.45, 2.75) is 6.18 Å². The monoisotopic (exact) mass is 357 g/mol. The van der Waals surface area contributed by atoms with Crippen molar-refractivity contribution in [1.29, 1.82) is 0 Å². The molecule has 0 heterocycles. The van der Waals surface area contributed by atoms with Crippen LogP contribution in [-0.2, 0) is 4.79 Å². The van der Waals surface area contributed by atoms with Gasteiger partial charge in [-0.25, -0.2) is 4.79 Å². The number of likely N-dealkylation sites (N-methyl/N-ethyl adjacent to an activating group) is 1. The predicted octanol–water partition coefficient (Wildman–Crippen LogP) is 3.14. The molecule has 122 valence electrons. The molecule has 0 saturated carbocycles. The predicted molar refractivity (Wildman–Crippen MR) is 77.2 cm³/mol. The van der Waals surface area contributed by atoms with E-state index in [0.29, 0.717) is 10.7 Å². The number of carbonyl (C=O) groups excluding carboxylic acids is 2. The zero-order valence-electron chi connectivity index (χ0n) is 11.3. The number of rotatable bonds is 4. The first-order valence-corrected chi connectivity index (χ1v) is 6.64. The van der Waals surface area contributed by atoms with Crippen LogP contribution in [0.4, 0.5) is 23.7 Å². The van der Waals surface area contributed by atoms with E-state index in [1.165, 1.54) is 25.2 Å². The van der Waals surface area contributed by atoms with Crippen LogP contribution in [0.2, 0.25) is 10.0 Å². The summed E-state index contributed by atoms with van der Waals surface area (Å²) in [6, 6.07) is 3.36. The topological polar surface area (TPSA) is 61.4 Å². The van der Waals surface area contributed by atoms with Crippen LogP contribution in [0.25, 0.3) is 0 Å². The largest absolute Gasteiger partial charge is 0.405 e. The summed E-state index contributed by atoms with van der Waals surface area (Å²) in [5, 5.41) is 4.63. The number of urea groups is 1. The second-order valence-electron chi connectivity index (χ2n) is 4.31. The molecule has 5 nitrogen and oxygen atoms in total. The summed E-state index contributed by atoms with van der Waals surface area (Å²) in [6.45, 7) is -1.89. The molecule has 10 heteroatoms. The van der Waals surface area contributed by atoms with E-state index in [-0.39, 0.29) is 5.02 Å². The van der Waals surface area contributed by atoms with E-state index in [9.17, 15) is 22.8 Å². The van der Waals surface area contributed by atoms with Crippen molar-refractivity contribution in [3.05, 3.63) is 28.2 Å². The minimum absolute atomic E-state index is 0.232. The van der Waals surface area contributed by atoms with Crippen molar-refractivity contribution in [1.82, 2.24) is 10.2 Å². The fraction of sp³-hybridized carbons (Fsp3) is 0.333. The van der Waals surface area contributed by atoms with Gasteiger partial charge in [0.15, 0.2) is 0 Å². The molecular formula is C12H12Cl2F3N3O2. The van der Waals surface area contributed by atoms with E-state index in [2.05, 4.69) is 5.32 Å². The first kappa shape index (κ1) is 18.4. The van der Waals surface area contributed by atoms with E-state index in [1.807, 2.05) is 0 Å². The van der Waals surface area contributed by atoms with Gasteiger partial charge in [-0.15, -0.1) is 0 Å². The van der Waals surface area contributed by atoms with E-state index in [0.717, 1.165) is 4.90 Å². The Bertz CT molecular complexity index is 567. The molecule has 1 aromatic rings. The van der Waals surface area contributed by atoms with Gasteiger partial charge in [-0.05, 0) is 18.2 Å². The zero-order chi connectivity index (χ0) is 16.9. The van der Waals surface area contributed by atoms with Gasteiger partial charge in [0.25, 0.3) is 0 Å². The van der Waals surface area contributed by atoms with Crippen molar-refractivity contribution >= 4 is 40.8 Å². The molecule has 3 amide bonds. The molecule has 0 aliphatic carbocycles. The molecule has 22 heavy (non-hydrogen) atoms. The highest BCUT2D eigenvalue weighted by Gasteiger charge is 2.28. The van der Waals surface area contributed by atoms with Crippen molar-refractivity contribution in [2.24, 2.45) is 0 Å². The van der Waals surface area contributed by atoms with Gasteiger partial charge in [0.2, 0.25) is 5.91 Å². The molecule has 0 atom stereocenters. The maximum atomic E-state index is 12.0. The summed E-state index contributed by atoms with van der Waals surface area (Å²) in [7, 11) is 1.19. The zero-order valence-corrected chi connectivity index (χ0v) is 12.8. The standard InChI is InChI=1S/C12H12Cl2F3N3O2/c1-20(11(22)18-6-12(15,16)17)5-10(21)19-7-2-3-8(13)9(14)4-7/h2-4H,5-6H2,1H3,(H,18,22)(H,19,21). The number of hydrogen-bond donors (Lipinski definition) is 2. The molecule has 0 saturated heterocycles. The van der Waals surface area contributed by atoms with Crippen molar-refractivity contribution in [3.8, 4) is 0 Å². The van der Waals surface area contributed by atoms with Crippen LogP contribution in [0.1, 0.15) is 0 Å². The van der Waals surface area contributed by atoms with Crippen molar-refractivity contribution in [2.75, 3.05) is 25.5 Å². The molecule has 2 N–H and O–H groups in total. The summed E-state index contributed by atoms with van der Waals surface area (Å²) in [6.07, 6.45) is -4.52. The Morgan fingerprint density at radius 2 is 1.86 bits per heavy atom. The number of benzene rings is 1. The van der Waals surface area contributed by atoms with Gasteiger partial charge in [-0.2, -0.15) is 13.2 Å². The number of nitrogens with one attached hydrogen (secondary N) is 2. The van der Waals surface area contributed by atoms with Gasteiger partial charge in [0.1, 0.15) is 13.1 Å². The Hall–Kier alpha value is -1.67. The number of carbonyl (C=O) groups is 2. The molecule has 0 radical (unpaired) electrons. The van der Waals surface area contributed by atoms with Crippen LogP contribution in [0.3, 0.4) is 0 Å². The van der Waals surface area contributed by atoms with Crippen molar-refractivity contribution in [3.63, 3.8) is 0 Å². The Morgan fingerprint density at radius 1 is 1.23 bits per heavy atom. The van der Waals surface area contributed by atoms with Gasteiger partial charge in [0.05, 0.1) is 10.0 Å². The lowest BCUT2D eigenvalue weighted by Gasteiger charge is -2.18. The average molecular weight is 358 g/mol. The van der Waals surface area contributed by atoms with Crippen LogP contribution in [0.5, 0.6) is 0 Å². The average Bonchev–Trinajstić information content (AvgIpc) is 2.39. The number of halogens is 5. The van der Waals surface area contributed by atoms with E-state index >= 15 is 0 Å². The first-order chi connectivity index (χ1) is 10.1. The van der Waals surface area contributed by atoms with Crippen LogP contribution in [-0.4, -0.2) is 43.2 Å². The lowest BCUT2D eigenvalue weighted by atomic mass is 10.3. The first-order valence-electron chi connectivity index (χ1n) is 5.89. The lowest BCUT2D eigenvalue weighted by molar-refractivity contribution is -0.123. The maximum Gasteiger partial charge on any atom is 0.405 e. The molecule has 0 aliphatic heterocycles. The Labute approximate surface area is 134 Å². The number of amides is 3. The lowest BCUT2D eigenvalue weighted by Crippen LogP contribution is -2.44. The third kappa shape index (κ3) is 6.40. The van der Waals surface area contributed by atoms with Crippen LogP contribution < -0.4 is 10.6 Å². The van der Waals surface area contributed by atoms with Gasteiger partial charge in [-0.1, -0.05) is 23.2 Å². The highest BCUT2D eigenvalue weighted by atomic mass is 35.5. The second kappa shape index (κ2) is 7.55. The van der Waals surface area contributed by atoms with Crippen LogP contribution in [0, 0.1) is 0 Å². The number of nitrogens with zero attached hydrogens (tertiary/aromatic N) is 1. The molecule has 0 fully saturated rings. The van der Waals surface area contributed by atoms with E-state index in [1.54, 1.807) is 5.32 Å². The number of alkyl halides is 3. The van der Waals surface area contributed by atoms with E-state index in [4.69, 9.17) is 23.2 Å². The van der Waals surface area contributed by atoms with Crippen molar-refractivity contribution < 1.29 is 22.8 Å². The molecule has 0 unspecified atom stereocenters. The fourth-order valence-corrected chi connectivity index (χ4v) is 1.67. The summed E-state index contributed by atoms with van der Waals surface area (Å²) in [5.41, 5.74) is 0.350. The smallest absolute Gasteiger partial charge is 0.329 e. The highest BCUT2D eigenvalue weighted by molar-refractivity contribution is 6.42. The van der Waals surface area contributed by atoms with Gasteiger partial charge >= 0.3 is 12.2 Å². The second-order valence-corrected chi connectivity index (χ2v) is 5.12. The molecular weight excluding hydrogens is 346 g/mol. The van der Waals surface area contributed by atoms with Gasteiger partial charge in [0, 0.05) is 12.7 Å². The van der Waals surface area contributed by atoms with Gasteiger partial charge < -0.3 is 15.5 Å². The molecule has 1 aromatic carbocycles. The Kier molecular flexibility index (Phi) is 6.31. The summed E-state index contributed by atoms with van der Waals surface area (Å²) in [5.74, 6) is -0.594. The Balaban J connectivity index is 2.50.